The lowest BCUT2D eigenvalue weighted by Crippen LogP contribution is -2.03. The van der Waals surface area contributed by atoms with Crippen LogP contribution in [0.1, 0.15) is 6.42 Å². The van der Waals surface area contributed by atoms with E-state index in [9.17, 15) is 0 Å². The Kier molecular flexibility index (Phi) is 5.50. The van der Waals surface area contributed by atoms with Gasteiger partial charge >= 0.3 is 0 Å². The van der Waals surface area contributed by atoms with Gasteiger partial charge in [0.2, 0.25) is 0 Å². The first-order valence-electron chi connectivity index (χ1n) is 6.15. The summed E-state index contributed by atoms with van der Waals surface area (Å²) >= 11 is 1.59. The molecule has 104 valence electrons. The second-order valence-corrected chi connectivity index (χ2v) is 5.06. The van der Waals surface area contributed by atoms with Gasteiger partial charge in [-0.2, -0.15) is 0 Å². The summed E-state index contributed by atoms with van der Waals surface area (Å²) in [5.41, 5.74) is 7.95. The Morgan fingerprint density at radius 3 is 3.05 bits per heavy atom. The molecule has 2 rings (SSSR count). The number of hydrogen-bond donors (Lipinski definition) is 1. The number of rotatable bonds is 8. The van der Waals surface area contributed by atoms with Crippen LogP contribution in [0.5, 0.6) is 0 Å². The quantitative estimate of drug-likeness (QED) is 0.456. The van der Waals surface area contributed by atoms with Gasteiger partial charge in [0.25, 0.3) is 5.22 Å². The Labute approximate surface area is 116 Å². The molecule has 0 unspecified atom stereocenters. The van der Waals surface area contributed by atoms with Crippen LogP contribution in [0, 0.1) is 0 Å². The van der Waals surface area contributed by atoms with E-state index in [1.807, 2.05) is 12.1 Å². The molecule has 0 aliphatic heterocycles. The van der Waals surface area contributed by atoms with Crippen LogP contribution in [0.25, 0.3) is 11.1 Å². The van der Waals surface area contributed by atoms with E-state index in [0.717, 1.165) is 29.9 Å². The number of thioether (sulfide) groups is 1. The smallest absolute Gasteiger partial charge is 0.256 e. The van der Waals surface area contributed by atoms with Gasteiger partial charge in [0.05, 0.1) is 13.2 Å². The van der Waals surface area contributed by atoms with Crippen molar-refractivity contribution in [2.24, 2.45) is 0 Å². The maximum Gasteiger partial charge on any atom is 0.256 e. The zero-order chi connectivity index (χ0) is 13.5. The van der Waals surface area contributed by atoms with Crippen molar-refractivity contribution in [1.29, 1.82) is 0 Å². The van der Waals surface area contributed by atoms with Crippen LogP contribution in [-0.2, 0) is 9.47 Å². The van der Waals surface area contributed by atoms with E-state index in [1.54, 1.807) is 24.9 Å². The fraction of sp³-hybridized carbons (Fsp3) is 0.462. The van der Waals surface area contributed by atoms with Gasteiger partial charge < -0.3 is 19.6 Å². The van der Waals surface area contributed by atoms with Crippen LogP contribution in [0.15, 0.2) is 27.8 Å². The van der Waals surface area contributed by atoms with Gasteiger partial charge in [-0.25, -0.2) is 4.98 Å². The summed E-state index contributed by atoms with van der Waals surface area (Å²) in [5.74, 6) is 0.912. The van der Waals surface area contributed by atoms with E-state index >= 15 is 0 Å². The van der Waals surface area contributed by atoms with Crippen LogP contribution >= 0.6 is 11.8 Å². The lowest BCUT2D eigenvalue weighted by molar-refractivity contribution is 0.0713. The van der Waals surface area contributed by atoms with Gasteiger partial charge in [0.15, 0.2) is 5.58 Å². The van der Waals surface area contributed by atoms with Crippen molar-refractivity contribution in [3.05, 3.63) is 18.2 Å². The average Bonchev–Trinajstić information content (AvgIpc) is 2.79. The van der Waals surface area contributed by atoms with Gasteiger partial charge in [-0.15, -0.1) is 0 Å². The fourth-order valence-corrected chi connectivity index (χ4v) is 2.30. The molecule has 0 atom stereocenters. The highest BCUT2D eigenvalue weighted by Crippen LogP contribution is 2.25. The highest BCUT2D eigenvalue weighted by molar-refractivity contribution is 7.99. The van der Waals surface area contributed by atoms with Gasteiger partial charge in [-0.3, -0.25) is 0 Å². The van der Waals surface area contributed by atoms with E-state index < -0.39 is 0 Å². The first kappa shape index (κ1) is 14.2. The maximum absolute atomic E-state index is 5.69. The summed E-state index contributed by atoms with van der Waals surface area (Å²) in [6, 6.07) is 5.48. The third-order valence-electron chi connectivity index (χ3n) is 2.48. The lowest BCUT2D eigenvalue weighted by Gasteiger charge is -2.01. The molecule has 0 saturated carbocycles. The molecule has 2 N–H and O–H groups in total. The number of oxazole rings is 1. The Hall–Kier alpha value is -1.24. The number of hydrogen-bond acceptors (Lipinski definition) is 6. The van der Waals surface area contributed by atoms with Crippen LogP contribution < -0.4 is 5.73 Å². The molecule has 19 heavy (non-hydrogen) atoms. The molecule has 2 aromatic rings. The number of nitrogens with two attached hydrogens (primary N) is 1. The van der Waals surface area contributed by atoms with E-state index in [2.05, 4.69) is 4.98 Å². The Balaban J connectivity index is 1.72. The predicted molar refractivity (Wildman–Crippen MR) is 76.5 cm³/mol. The molecule has 0 aliphatic carbocycles. The number of aromatic nitrogens is 1. The third kappa shape index (κ3) is 4.41. The topological polar surface area (TPSA) is 70.5 Å². The Morgan fingerprint density at radius 2 is 2.21 bits per heavy atom. The molecular weight excluding hydrogens is 264 g/mol. The summed E-state index contributed by atoms with van der Waals surface area (Å²) in [6.07, 6.45) is 0.954. The summed E-state index contributed by atoms with van der Waals surface area (Å²) in [6.45, 7) is 2.01. The predicted octanol–water partition coefficient (Wildman–Crippen LogP) is 2.56. The highest BCUT2D eigenvalue weighted by Gasteiger charge is 2.06. The van der Waals surface area contributed by atoms with Gasteiger partial charge in [-0.1, -0.05) is 11.8 Å². The minimum Gasteiger partial charge on any atom is -0.431 e. The standard InChI is InChI=1S/C13H18N2O3S/c1-16-6-7-17-5-2-8-19-13-15-11-4-3-10(14)9-12(11)18-13/h3-4,9H,2,5-8,14H2,1H3. The number of benzene rings is 1. The van der Waals surface area contributed by atoms with Gasteiger partial charge in [-0.05, 0) is 18.6 Å². The largest absolute Gasteiger partial charge is 0.431 e. The van der Waals surface area contributed by atoms with E-state index in [0.29, 0.717) is 24.1 Å². The minimum absolute atomic E-state index is 0.639. The zero-order valence-corrected chi connectivity index (χ0v) is 11.7. The highest BCUT2D eigenvalue weighted by atomic mass is 32.2. The van der Waals surface area contributed by atoms with Crippen LogP contribution in [0.3, 0.4) is 0 Å². The Morgan fingerprint density at radius 1 is 1.32 bits per heavy atom. The van der Waals surface area contributed by atoms with Crippen molar-refractivity contribution in [3.63, 3.8) is 0 Å². The summed E-state index contributed by atoms with van der Waals surface area (Å²) in [5, 5.41) is 0.678. The van der Waals surface area contributed by atoms with Crippen molar-refractivity contribution in [2.45, 2.75) is 11.6 Å². The van der Waals surface area contributed by atoms with Gasteiger partial charge in [0.1, 0.15) is 5.52 Å². The molecule has 0 bridgehead atoms. The number of nitrogens with zero attached hydrogens (tertiary/aromatic N) is 1. The van der Waals surface area contributed by atoms with E-state index in [4.69, 9.17) is 19.6 Å². The Bertz CT molecular complexity index is 516. The summed E-state index contributed by atoms with van der Waals surface area (Å²) in [4.78, 5) is 4.38. The van der Waals surface area contributed by atoms with E-state index in [1.165, 1.54) is 0 Å². The minimum atomic E-state index is 0.639. The normalized spacial score (nSPS) is 11.2. The first-order chi connectivity index (χ1) is 9.29. The number of fused-ring (bicyclic) bond motifs is 1. The maximum atomic E-state index is 5.69. The second-order valence-electron chi connectivity index (χ2n) is 4.01. The van der Waals surface area contributed by atoms with Crippen molar-refractivity contribution < 1.29 is 13.9 Å². The summed E-state index contributed by atoms with van der Waals surface area (Å²) < 4.78 is 15.9. The fourth-order valence-electron chi connectivity index (χ4n) is 1.55. The molecule has 1 aromatic carbocycles. The van der Waals surface area contributed by atoms with Crippen molar-refractivity contribution in [1.82, 2.24) is 4.98 Å². The van der Waals surface area contributed by atoms with Crippen molar-refractivity contribution in [2.75, 3.05) is 38.4 Å². The molecule has 0 radical (unpaired) electrons. The number of nitrogen functional groups attached to an aromatic ring is 1. The molecule has 1 heterocycles. The summed E-state index contributed by atoms with van der Waals surface area (Å²) in [7, 11) is 1.67. The monoisotopic (exact) mass is 282 g/mol. The molecule has 0 amide bonds. The van der Waals surface area contributed by atoms with E-state index in [-0.39, 0.29) is 0 Å². The molecule has 0 spiro atoms. The molecule has 5 nitrogen and oxygen atoms in total. The molecule has 0 fully saturated rings. The second kappa shape index (κ2) is 7.37. The van der Waals surface area contributed by atoms with Crippen molar-refractivity contribution >= 4 is 28.5 Å². The first-order valence-corrected chi connectivity index (χ1v) is 7.13. The van der Waals surface area contributed by atoms with Crippen LogP contribution in [0.4, 0.5) is 5.69 Å². The number of ether oxygens (including phenoxy) is 2. The average molecular weight is 282 g/mol. The van der Waals surface area contributed by atoms with Gasteiger partial charge in [0, 0.05) is 31.2 Å². The molecule has 6 heteroatoms. The molecule has 1 aromatic heterocycles. The molecule has 0 aliphatic rings. The van der Waals surface area contributed by atoms with Crippen LogP contribution in [0.2, 0.25) is 0 Å². The zero-order valence-electron chi connectivity index (χ0n) is 10.9. The van der Waals surface area contributed by atoms with Crippen LogP contribution in [-0.4, -0.2) is 37.7 Å². The number of methoxy groups -OCH3 is 1. The lowest BCUT2D eigenvalue weighted by atomic mass is 10.3. The third-order valence-corrected chi connectivity index (χ3v) is 3.40. The molecule has 0 saturated heterocycles. The SMILES string of the molecule is COCCOCCCSc1nc2ccc(N)cc2o1. The molecular formula is C13H18N2O3S. The van der Waals surface area contributed by atoms with Crippen molar-refractivity contribution in [3.8, 4) is 0 Å². The number of anilines is 1.